The number of hydrogen-bond acceptors (Lipinski definition) is 3. The Hall–Kier alpha value is -1.19. The van der Waals surface area contributed by atoms with Crippen LogP contribution in [-0.4, -0.2) is 31.7 Å². The van der Waals surface area contributed by atoms with Crippen molar-refractivity contribution in [1.82, 2.24) is 0 Å². The van der Waals surface area contributed by atoms with Gasteiger partial charge in [-0.05, 0) is 24.8 Å². The number of ketones is 1. The summed E-state index contributed by atoms with van der Waals surface area (Å²) in [6.07, 6.45) is 2.83. The first-order valence-electron chi connectivity index (χ1n) is 6.66. The molecule has 96 valence electrons. The molecule has 3 nitrogen and oxygen atoms in total. The molecule has 0 saturated carbocycles. The lowest BCUT2D eigenvalue weighted by molar-refractivity contribution is -0.0945. The van der Waals surface area contributed by atoms with Crippen molar-refractivity contribution in [3.8, 4) is 0 Å². The average molecular weight is 246 g/mol. The molecule has 2 atom stereocenters. The summed E-state index contributed by atoms with van der Waals surface area (Å²) in [5.41, 5.74) is 2.10. The predicted molar refractivity (Wildman–Crippen MR) is 67.8 cm³/mol. The zero-order chi connectivity index (χ0) is 12.4. The first-order chi connectivity index (χ1) is 8.84. The molecule has 1 fully saturated rings. The summed E-state index contributed by atoms with van der Waals surface area (Å²) in [6, 6.07) is 7.95. The molecule has 3 heteroatoms. The first-order valence-corrected chi connectivity index (χ1v) is 6.66. The highest BCUT2D eigenvalue weighted by atomic mass is 16.6. The van der Waals surface area contributed by atoms with Crippen LogP contribution in [0.5, 0.6) is 0 Å². The smallest absolute Gasteiger partial charge is 0.166 e. The Morgan fingerprint density at radius 3 is 2.94 bits per heavy atom. The van der Waals surface area contributed by atoms with Crippen LogP contribution in [0.1, 0.15) is 28.8 Å². The molecule has 0 bridgehead atoms. The molecule has 18 heavy (non-hydrogen) atoms. The summed E-state index contributed by atoms with van der Waals surface area (Å²) < 4.78 is 11.0. The van der Waals surface area contributed by atoms with Crippen molar-refractivity contribution in [3.05, 3.63) is 35.4 Å². The third-order valence-corrected chi connectivity index (χ3v) is 3.85. The van der Waals surface area contributed by atoms with Crippen LogP contribution in [0, 0.1) is 5.92 Å². The SMILES string of the molecule is O=C1c2ccccc2CCC1CC1COCCO1. The molecule has 0 aromatic heterocycles. The van der Waals surface area contributed by atoms with Crippen molar-refractivity contribution in [2.75, 3.05) is 19.8 Å². The molecular weight excluding hydrogens is 228 g/mol. The van der Waals surface area contributed by atoms with Crippen molar-refractivity contribution in [1.29, 1.82) is 0 Å². The lowest BCUT2D eigenvalue weighted by Crippen LogP contribution is -2.34. The fourth-order valence-corrected chi connectivity index (χ4v) is 2.87. The molecule has 2 unspecified atom stereocenters. The highest BCUT2D eigenvalue weighted by Crippen LogP contribution is 2.29. The topological polar surface area (TPSA) is 35.5 Å². The van der Waals surface area contributed by atoms with Gasteiger partial charge in [0.05, 0.1) is 25.9 Å². The summed E-state index contributed by atoms with van der Waals surface area (Å²) >= 11 is 0. The number of carbonyl (C=O) groups is 1. The van der Waals surface area contributed by atoms with Gasteiger partial charge in [0.25, 0.3) is 0 Å². The molecule has 1 aromatic carbocycles. The van der Waals surface area contributed by atoms with E-state index in [9.17, 15) is 4.79 Å². The Balaban J connectivity index is 1.70. The maximum absolute atomic E-state index is 12.4. The molecule has 1 heterocycles. The van der Waals surface area contributed by atoms with Crippen molar-refractivity contribution >= 4 is 5.78 Å². The number of fused-ring (bicyclic) bond motifs is 1. The number of benzene rings is 1. The van der Waals surface area contributed by atoms with Gasteiger partial charge in [0.15, 0.2) is 5.78 Å². The van der Waals surface area contributed by atoms with Gasteiger partial charge in [-0.3, -0.25) is 4.79 Å². The quantitative estimate of drug-likeness (QED) is 0.802. The van der Waals surface area contributed by atoms with Crippen molar-refractivity contribution < 1.29 is 14.3 Å². The number of Topliss-reactive ketones (excluding diaryl/α,β-unsaturated/α-hetero) is 1. The van der Waals surface area contributed by atoms with Crippen LogP contribution < -0.4 is 0 Å². The van der Waals surface area contributed by atoms with Gasteiger partial charge in [-0.2, -0.15) is 0 Å². The van der Waals surface area contributed by atoms with Gasteiger partial charge >= 0.3 is 0 Å². The van der Waals surface area contributed by atoms with Crippen molar-refractivity contribution in [2.45, 2.75) is 25.4 Å². The van der Waals surface area contributed by atoms with Gasteiger partial charge in [-0.25, -0.2) is 0 Å². The van der Waals surface area contributed by atoms with E-state index in [2.05, 4.69) is 6.07 Å². The zero-order valence-electron chi connectivity index (χ0n) is 10.4. The number of rotatable bonds is 2. The fourth-order valence-electron chi connectivity index (χ4n) is 2.87. The van der Waals surface area contributed by atoms with E-state index in [1.165, 1.54) is 5.56 Å². The van der Waals surface area contributed by atoms with Crippen LogP contribution in [0.15, 0.2) is 24.3 Å². The van der Waals surface area contributed by atoms with Gasteiger partial charge in [-0.15, -0.1) is 0 Å². The molecule has 1 aromatic rings. The van der Waals surface area contributed by atoms with Gasteiger partial charge in [-0.1, -0.05) is 24.3 Å². The maximum Gasteiger partial charge on any atom is 0.166 e. The molecular formula is C15H18O3. The second-order valence-corrected chi connectivity index (χ2v) is 5.06. The van der Waals surface area contributed by atoms with E-state index in [4.69, 9.17) is 9.47 Å². The summed E-state index contributed by atoms with van der Waals surface area (Å²) in [6.45, 7) is 1.96. The lowest BCUT2D eigenvalue weighted by Gasteiger charge is -2.29. The van der Waals surface area contributed by atoms with Crippen molar-refractivity contribution in [3.63, 3.8) is 0 Å². The van der Waals surface area contributed by atoms with E-state index < -0.39 is 0 Å². The number of ether oxygens (including phenoxy) is 2. The zero-order valence-corrected chi connectivity index (χ0v) is 10.4. The summed E-state index contributed by atoms with van der Waals surface area (Å²) in [7, 11) is 0. The molecule has 2 aliphatic rings. The minimum atomic E-state index is 0.0953. The molecule has 1 aliphatic heterocycles. The van der Waals surface area contributed by atoms with Gasteiger partial charge < -0.3 is 9.47 Å². The Morgan fingerprint density at radius 2 is 2.11 bits per heavy atom. The second-order valence-electron chi connectivity index (χ2n) is 5.06. The van der Waals surface area contributed by atoms with E-state index in [1.54, 1.807) is 0 Å². The molecule has 0 radical (unpaired) electrons. The molecule has 0 spiro atoms. The van der Waals surface area contributed by atoms with Gasteiger partial charge in [0.1, 0.15) is 0 Å². The minimum Gasteiger partial charge on any atom is -0.376 e. The average Bonchev–Trinajstić information content (AvgIpc) is 2.43. The molecule has 1 aliphatic carbocycles. The van der Waals surface area contributed by atoms with E-state index in [0.717, 1.165) is 24.8 Å². The highest BCUT2D eigenvalue weighted by Gasteiger charge is 2.30. The lowest BCUT2D eigenvalue weighted by atomic mass is 9.80. The summed E-state index contributed by atoms with van der Waals surface area (Å²) in [5, 5.41) is 0. The van der Waals surface area contributed by atoms with Crippen molar-refractivity contribution in [2.24, 2.45) is 5.92 Å². The largest absolute Gasteiger partial charge is 0.376 e. The predicted octanol–water partition coefficient (Wildman–Crippen LogP) is 2.24. The van der Waals surface area contributed by atoms with Crippen LogP contribution in [-0.2, 0) is 15.9 Å². The Labute approximate surface area is 107 Å². The number of hydrogen-bond donors (Lipinski definition) is 0. The third-order valence-electron chi connectivity index (χ3n) is 3.85. The summed E-state index contributed by atoms with van der Waals surface area (Å²) in [5.74, 6) is 0.387. The second kappa shape index (κ2) is 5.21. The van der Waals surface area contributed by atoms with E-state index in [0.29, 0.717) is 19.8 Å². The maximum atomic E-state index is 12.4. The molecule has 0 amide bonds. The van der Waals surface area contributed by atoms with Crippen LogP contribution in [0.25, 0.3) is 0 Å². The van der Waals surface area contributed by atoms with Crippen LogP contribution in [0.4, 0.5) is 0 Å². The normalized spacial score (nSPS) is 27.9. The minimum absolute atomic E-state index is 0.0953. The Morgan fingerprint density at radius 1 is 1.22 bits per heavy atom. The first kappa shape index (κ1) is 11.9. The van der Waals surface area contributed by atoms with E-state index in [-0.39, 0.29) is 17.8 Å². The van der Waals surface area contributed by atoms with E-state index in [1.807, 2.05) is 18.2 Å². The fraction of sp³-hybridized carbons (Fsp3) is 0.533. The van der Waals surface area contributed by atoms with Gasteiger partial charge in [0, 0.05) is 11.5 Å². The Bertz CT molecular complexity index is 435. The number of aryl methyl sites for hydroxylation is 1. The third kappa shape index (κ3) is 2.33. The standard InChI is InChI=1S/C15H18O3/c16-15-12(9-13-10-17-7-8-18-13)6-5-11-3-1-2-4-14(11)15/h1-4,12-13H,5-10H2. The monoisotopic (exact) mass is 246 g/mol. The van der Waals surface area contributed by atoms with E-state index >= 15 is 0 Å². The summed E-state index contributed by atoms with van der Waals surface area (Å²) in [4.78, 5) is 12.4. The van der Waals surface area contributed by atoms with Gasteiger partial charge in [0.2, 0.25) is 0 Å². The van der Waals surface area contributed by atoms with Crippen LogP contribution >= 0.6 is 0 Å². The molecule has 1 saturated heterocycles. The van der Waals surface area contributed by atoms with Crippen LogP contribution in [0.3, 0.4) is 0 Å². The molecule has 0 N–H and O–H groups in total. The van der Waals surface area contributed by atoms with Crippen LogP contribution in [0.2, 0.25) is 0 Å². The highest BCUT2D eigenvalue weighted by molar-refractivity contribution is 6.00. The molecule has 3 rings (SSSR count). The Kier molecular flexibility index (Phi) is 3.43. The number of carbonyl (C=O) groups excluding carboxylic acids is 1.